The summed E-state index contributed by atoms with van der Waals surface area (Å²) < 4.78 is 3.23. The van der Waals surface area contributed by atoms with Gasteiger partial charge in [-0.3, -0.25) is 19.1 Å². The predicted molar refractivity (Wildman–Crippen MR) is 158 cm³/mol. The molecule has 6 aromatic rings. The van der Waals surface area contributed by atoms with Crippen molar-refractivity contribution in [2.24, 2.45) is 0 Å². The highest BCUT2D eigenvalue weighted by atomic mass is 16.2. The summed E-state index contributed by atoms with van der Waals surface area (Å²) in [6.45, 7) is 5.56. The standard InChI is InChI=1S/C33H26N6O2/c1-21-13-14-24(20-35-21)15-16-25-9-7-10-26-19-28(39(33(41)30(25)26)27-11-5-4-6-12-27)22(2)36-32(40)29-23(3)37-38-18-8-17-34-31(29)38/h4-14,17-20,22H,1-3H3,(H,36,40). The zero-order valence-corrected chi connectivity index (χ0v) is 22.8. The highest BCUT2D eigenvalue weighted by molar-refractivity contribution is 6.01. The number of aromatic nitrogens is 5. The molecule has 0 radical (unpaired) electrons. The lowest BCUT2D eigenvalue weighted by molar-refractivity contribution is 0.0939. The molecule has 0 aliphatic carbocycles. The molecule has 0 saturated heterocycles. The Labute approximate surface area is 236 Å². The molecule has 0 spiro atoms. The third-order valence-corrected chi connectivity index (χ3v) is 6.93. The molecule has 8 heteroatoms. The molecular formula is C33H26N6O2. The highest BCUT2D eigenvalue weighted by Crippen LogP contribution is 2.24. The number of para-hydroxylation sites is 1. The van der Waals surface area contributed by atoms with Gasteiger partial charge in [-0.1, -0.05) is 42.2 Å². The van der Waals surface area contributed by atoms with E-state index in [4.69, 9.17) is 0 Å². The van der Waals surface area contributed by atoms with E-state index in [0.717, 1.165) is 16.6 Å². The Morgan fingerprint density at radius 1 is 0.951 bits per heavy atom. The zero-order valence-electron chi connectivity index (χ0n) is 22.8. The number of hydrogen-bond acceptors (Lipinski definition) is 5. The van der Waals surface area contributed by atoms with Gasteiger partial charge in [0.2, 0.25) is 0 Å². The summed E-state index contributed by atoms with van der Waals surface area (Å²) in [5, 5.41) is 8.73. The molecule has 0 bridgehead atoms. The number of carbonyl (C=O) groups excluding carboxylic acids is 1. The number of hydrogen-bond donors (Lipinski definition) is 1. The van der Waals surface area contributed by atoms with Gasteiger partial charge in [-0.15, -0.1) is 0 Å². The maximum Gasteiger partial charge on any atom is 0.264 e. The van der Waals surface area contributed by atoms with Crippen molar-refractivity contribution in [1.29, 1.82) is 0 Å². The SMILES string of the molecule is Cc1ccc(C#Cc2cccc3cc(C(C)NC(=O)c4c(C)nn5cccnc45)n(-c4ccccc4)c(=O)c23)cn1. The summed E-state index contributed by atoms with van der Waals surface area (Å²) in [5.74, 6) is 5.99. The Hall–Kier alpha value is -5.55. The number of nitrogens with zero attached hydrogens (tertiary/aromatic N) is 5. The molecule has 1 N–H and O–H groups in total. The molecule has 4 aromatic heterocycles. The fourth-order valence-electron chi connectivity index (χ4n) is 4.93. The van der Waals surface area contributed by atoms with E-state index >= 15 is 0 Å². The molecule has 4 heterocycles. The van der Waals surface area contributed by atoms with E-state index in [2.05, 4.69) is 32.2 Å². The second-order valence-corrected chi connectivity index (χ2v) is 9.80. The van der Waals surface area contributed by atoms with Gasteiger partial charge in [0.1, 0.15) is 5.56 Å². The van der Waals surface area contributed by atoms with Crippen molar-refractivity contribution in [2.45, 2.75) is 26.8 Å². The number of aryl methyl sites for hydroxylation is 2. The van der Waals surface area contributed by atoms with Crippen LogP contribution in [-0.2, 0) is 0 Å². The normalized spacial score (nSPS) is 11.7. The van der Waals surface area contributed by atoms with Crippen molar-refractivity contribution in [3.8, 4) is 17.5 Å². The van der Waals surface area contributed by atoms with Crippen LogP contribution in [0.15, 0.2) is 96.2 Å². The Kier molecular flexibility index (Phi) is 6.62. The monoisotopic (exact) mass is 538 g/mol. The maximum atomic E-state index is 14.2. The van der Waals surface area contributed by atoms with Crippen molar-refractivity contribution in [1.82, 2.24) is 29.5 Å². The fraction of sp³-hybridized carbons (Fsp3) is 0.121. The number of nitrogens with one attached hydrogen (secondary N) is 1. The smallest absolute Gasteiger partial charge is 0.264 e. The lowest BCUT2D eigenvalue weighted by atomic mass is 10.0. The van der Waals surface area contributed by atoms with Crippen LogP contribution in [0, 0.1) is 25.7 Å². The van der Waals surface area contributed by atoms with Crippen molar-refractivity contribution >= 4 is 22.3 Å². The van der Waals surface area contributed by atoms with Gasteiger partial charge >= 0.3 is 0 Å². The van der Waals surface area contributed by atoms with Crippen molar-refractivity contribution in [2.75, 3.05) is 0 Å². The van der Waals surface area contributed by atoms with Crippen LogP contribution < -0.4 is 10.9 Å². The fourth-order valence-corrected chi connectivity index (χ4v) is 4.93. The van der Waals surface area contributed by atoms with E-state index in [0.29, 0.717) is 39.2 Å². The van der Waals surface area contributed by atoms with Gasteiger partial charge in [0.15, 0.2) is 5.65 Å². The second-order valence-electron chi connectivity index (χ2n) is 9.80. The van der Waals surface area contributed by atoms with E-state index in [1.165, 1.54) is 0 Å². The first-order chi connectivity index (χ1) is 19.9. The molecule has 0 aliphatic rings. The summed E-state index contributed by atoms with van der Waals surface area (Å²) in [4.78, 5) is 36.4. The third kappa shape index (κ3) is 4.85. The third-order valence-electron chi connectivity index (χ3n) is 6.93. The van der Waals surface area contributed by atoms with Crippen molar-refractivity contribution in [3.05, 3.63) is 136 Å². The summed E-state index contributed by atoms with van der Waals surface area (Å²) in [6, 6.07) is 22.0. The molecule has 200 valence electrons. The van der Waals surface area contributed by atoms with E-state index in [9.17, 15) is 9.59 Å². The average molecular weight is 539 g/mol. The first-order valence-corrected chi connectivity index (χ1v) is 13.2. The minimum absolute atomic E-state index is 0.217. The van der Waals surface area contributed by atoms with E-state index in [1.807, 2.05) is 80.6 Å². The second kappa shape index (κ2) is 10.5. The maximum absolute atomic E-state index is 14.2. The van der Waals surface area contributed by atoms with E-state index in [-0.39, 0.29) is 11.5 Å². The van der Waals surface area contributed by atoms with Gasteiger partial charge < -0.3 is 5.32 Å². The van der Waals surface area contributed by atoms with Crippen LogP contribution >= 0.6 is 0 Å². The van der Waals surface area contributed by atoms with Crippen LogP contribution in [0.25, 0.3) is 22.1 Å². The quantitative estimate of drug-likeness (QED) is 0.321. The lowest BCUT2D eigenvalue weighted by Gasteiger charge is -2.21. The molecule has 0 aliphatic heterocycles. The first kappa shape index (κ1) is 25.7. The first-order valence-electron chi connectivity index (χ1n) is 13.2. The van der Waals surface area contributed by atoms with Crippen LogP contribution in [0.4, 0.5) is 0 Å². The summed E-state index contributed by atoms with van der Waals surface area (Å²) in [6.07, 6.45) is 5.10. The topological polar surface area (TPSA) is 94.2 Å². The molecule has 41 heavy (non-hydrogen) atoms. The molecule has 0 fully saturated rings. The van der Waals surface area contributed by atoms with Crippen LogP contribution in [0.5, 0.6) is 0 Å². The largest absolute Gasteiger partial charge is 0.344 e. The van der Waals surface area contributed by atoms with Crippen molar-refractivity contribution in [3.63, 3.8) is 0 Å². The molecule has 8 nitrogen and oxygen atoms in total. The highest BCUT2D eigenvalue weighted by Gasteiger charge is 2.23. The molecule has 1 unspecified atom stereocenters. The van der Waals surface area contributed by atoms with Gasteiger partial charge in [0.25, 0.3) is 11.5 Å². The van der Waals surface area contributed by atoms with Gasteiger partial charge in [-0.2, -0.15) is 5.10 Å². The van der Waals surface area contributed by atoms with Gasteiger partial charge in [-0.05, 0) is 68.6 Å². The van der Waals surface area contributed by atoms with Crippen LogP contribution in [0.1, 0.15) is 51.5 Å². The number of fused-ring (bicyclic) bond motifs is 2. The Balaban J connectivity index is 1.47. The average Bonchev–Trinajstić information content (AvgIpc) is 3.32. The lowest BCUT2D eigenvalue weighted by Crippen LogP contribution is -2.32. The molecular weight excluding hydrogens is 512 g/mol. The number of rotatable bonds is 4. The molecule has 1 atom stereocenters. The Morgan fingerprint density at radius 2 is 1.78 bits per heavy atom. The Bertz CT molecular complexity index is 2050. The molecule has 6 rings (SSSR count). The van der Waals surface area contributed by atoms with Crippen molar-refractivity contribution < 1.29 is 4.79 Å². The van der Waals surface area contributed by atoms with E-state index in [1.54, 1.807) is 40.7 Å². The van der Waals surface area contributed by atoms with Gasteiger partial charge in [0, 0.05) is 46.8 Å². The summed E-state index contributed by atoms with van der Waals surface area (Å²) in [5.41, 5.74) is 4.84. The predicted octanol–water partition coefficient (Wildman–Crippen LogP) is 4.94. The van der Waals surface area contributed by atoms with Crippen LogP contribution in [0.3, 0.4) is 0 Å². The minimum atomic E-state index is -0.522. The summed E-state index contributed by atoms with van der Waals surface area (Å²) >= 11 is 0. The summed E-state index contributed by atoms with van der Waals surface area (Å²) in [7, 11) is 0. The van der Waals surface area contributed by atoms with E-state index < -0.39 is 6.04 Å². The van der Waals surface area contributed by atoms with Crippen LogP contribution in [-0.4, -0.2) is 30.1 Å². The van der Waals surface area contributed by atoms with Gasteiger partial charge in [-0.25, -0.2) is 9.50 Å². The van der Waals surface area contributed by atoms with Crippen LogP contribution in [0.2, 0.25) is 0 Å². The molecule has 0 saturated carbocycles. The van der Waals surface area contributed by atoms with Gasteiger partial charge in [0.05, 0.1) is 17.1 Å². The zero-order chi connectivity index (χ0) is 28.5. The number of benzene rings is 2. The molecule has 2 aromatic carbocycles. The number of carbonyl (C=O) groups is 1. The number of pyridine rings is 2. The minimum Gasteiger partial charge on any atom is -0.344 e. The molecule has 1 amide bonds. The Morgan fingerprint density at radius 3 is 2.56 bits per heavy atom. The number of amides is 1.